The van der Waals surface area contributed by atoms with Gasteiger partial charge >= 0.3 is 0 Å². The van der Waals surface area contributed by atoms with Crippen LogP contribution in [0.1, 0.15) is 25.0 Å². The summed E-state index contributed by atoms with van der Waals surface area (Å²) in [5.41, 5.74) is 9.12. The normalized spacial score (nSPS) is 13.2. The lowest BCUT2D eigenvalue weighted by molar-refractivity contribution is 0.330. The Kier molecular flexibility index (Phi) is 6.24. The fraction of sp³-hybridized carbons (Fsp3) is 0.0667. The lowest BCUT2D eigenvalue weighted by atomic mass is 9.80. The topological polar surface area (TPSA) is 101 Å². The molecule has 8 aromatic carbocycles. The summed E-state index contributed by atoms with van der Waals surface area (Å²) < 4.78 is 0. The molecular weight excluding hydrogens is 620 g/mol. The zero-order chi connectivity index (χ0) is 34.5. The second-order valence-corrected chi connectivity index (χ2v) is 13.6. The smallest absolute Gasteiger partial charge is 0.208 e. The van der Waals surface area contributed by atoms with Crippen molar-refractivity contribution in [1.82, 2.24) is 0 Å². The van der Waals surface area contributed by atoms with Gasteiger partial charge in [0.05, 0.1) is 5.56 Å². The van der Waals surface area contributed by atoms with Crippen LogP contribution >= 0.6 is 0 Å². The summed E-state index contributed by atoms with van der Waals surface area (Å²) in [4.78, 5) is 0. The van der Waals surface area contributed by atoms with Crippen molar-refractivity contribution in [2.75, 3.05) is 0 Å². The molecule has 0 unspecified atom stereocenters. The molecule has 0 amide bonds. The Balaban J connectivity index is 1.42. The van der Waals surface area contributed by atoms with Gasteiger partial charge in [0.1, 0.15) is 0 Å². The molecule has 9 rings (SSSR count). The molecule has 5 N–H and O–H groups in total. The first-order valence-electron chi connectivity index (χ1n) is 16.6. The van der Waals surface area contributed by atoms with Crippen LogP contribution in [0.25, 0.3) is 76.8 Å². The molecule has 0 atom stereocenters. The van der Waals surface area contributed by atoms with E-state index in [1.807, 2.05) is 36.4 Å². The van der Waals surface area contributed by atoms with E-state index in [9.17, 15) is 25.5 Å². The lowest BCUT2D eigenvalue weighted by Gasteiger charge is -2.23. The van der Waals surface area contributed by atoms with Gasteiger partial charge < -0.3 is 25.5 Å². The van der Waals surface area contributed by atoms with E-state index in [0.717, 1.165) is 54.6 Å². The minimum atomic E-state index is -0.990. The van der Waals surface area contributed by atoms with Crippen LogP contribution < -0.4 is 0 Å². The molecule has 0 aromatic heterocycles. The SMILES string of the molecule is CC1(C)c2ccccc2-c2ccc(-c3c4ccccc4c(-c4cccc5ccccc45)c4cc(-c5c(O)c(O)c(O)c(O)c5O)ccc34)cc21. The van der Waals surface area contributed by atoms with Gasteiger partial charge in [0.25, 0.3) is 0 Å². The Hall–Kier alpha value is -6.46. The van der Waals surface area contributed by atoms with Crippen LogP contribution in [-0.4, -0.2) is 25.5 Å². The van der Waals surface area contributed by atoms with E-state index in [0.29, 0.717) is 5.56 Å². The predicted molar refractivity (Wildman–Crippen MR) is 201 cm³/mol. The largest absolute Gasteiger partial charge is 0.504 e. The minimum absolute atomic E-state index is 0.185. The van der Waals surface area contributed by atoms with Crippen LogP contribution in [0.15, 0.2) is 127 Å². The molecular formula is C45H32O5. The molecule has 50 heavy (non-hydrogen) atoms. The fourth-order valence-corrected chi connectivity index (χ4v) is 8.20. The fourth-order valence-electron chi connectivity index (χ4n) is 8.20. The van der Waals surface area contributed by atoms with Gasteiger partial charge in [0, 0.05) is 5.41 Å². The number of aromatic hydroxyl groups is 5. The molecule has 1 aliphatic rings. The first kappa shape index (κ1) is 29.7. The lowest BCUT2D eigenvalue weighted by Crippen LogP contribution is -2.14. The van der Waals surface area contributed by atoms with Crippen molar-refractivity contribution in [2.45, 2.75) is 19.3 Å². The van der Waals surface area contributed by atoms with Crippen molar-refractivity contribution in [2.24, 2.45) is 0 Å². The monoisotopic (exact) mass is 652 g/mol. The van der Waals surface area contributed by atoms with Crippen LogP contribution in [-0.2, 0) is 5.41 Å². The first-order chi connectivity index (χ1) is 24.2. The Labute approximate surface area is 288 Å². The first-order valence-corrected chi connectivity index (χ1v) is 16.6. The predicted octanol–water partition coefficient (Wildman–Crippen LogP) is 11.0. The van der Waals surface area contributed by atoms with Crippen molar-refractivity contribution in [3.63, 3.8) is 0 Å². The third-order valence-corrected chi connectivity index (χ3v) is 10.6. The Morgan fingerprint density at radius 3 is 1.64 bits per heavy atom. The molecule has 5 heteroatoms. The van der Waals surface area contributed by atoms with Gasteiger partial charge in [0.15, 0.2) is 11.5 Å². The molecule has 5 nitrogen and oxygen atoms in total. The van der Waals surface area contributed by atoms with Crippen molar-refractivity contribution in [3.8, 4) is 73.3 Å². The van der Waals surface area contributed by atoms with Gasteiger partial charge in [-0.1, -0.05) is 129 Å². The van der Waals surface area contributed by atoms with E-state index >= 15 is 0 Å². The third-order valence-electron chi connectivity index (χ3n) is 10.6. The quantitative estimate of drug-likeness (QED) is 0.0743. The summed E-state index contributed by atoms with van der Waals surface area (Å²) in [6, 6.07) is 43.8. The van der Waals surface area contributed by atoms with E-state index in [4.69, 9.17) is 0 Å². The molecule has 0 spiro atoms. The number of benzene rings is 8. The number of phenolic OH excluding ortho intramolecular Hbond substituents is 5. The standard InChI is InChI=1S/C45H32O5/c1-45(2)35-17-8-7-13-28(35)29-20-18-26(23-36(29)45)37-31-14-5-6-15-32(31)39(30-16-9-11-24-10-3-4-12-27(24)30)34-22-25(19-21-33(34)37)38-40(46)42(48)44(50)43(49)41(38)47/h3-23,46-50H,1-2H3. The Morgan fingerprint density at radius 1 is 0.360 bits per heavy atom. The Bertz CT molecular complexity index is 2710. The van der Waals surface area contributed by atoms with Gasteiger partial charge in [-0.05, 0) is 94.5 Å². The van der Waals surface area contributed by atoms with Crippen LogP contribution in [0.4, 0.5) is 0 Å². The third kappa shape index (κ3) is 4.01. The van der Waals surface area contributed by atoms with Crippen LogP contribution in [0.5, 0.6) is 28.7 Å². The van der Waals surface area contributed by atoms with Crippen molar-refractivity contribution in [3.05, 3.63) is 139 Å². The summed E-state index contributed by atoms with van der Waals surface area (Å²) in [5.74, 6) is -4.28. The average molecular weight is 653 g/mol. The molecule has 0 aliphatic heterocycles. The van der Waals surface area contributed by atoms with Gasteiger partial charge in [0.2, 0.25) is 17.2 Å². The van der Waals surface area contributed by atoms with Crippen LogP contribution in [0.2, 0.25) is 0 Å². The molecule has 0 fully saturated rings. The molecule has 0 bridgehead atoms. The number of fused-ring (bicyclic) bond motifs is 6. The second kappa shape index (κ2) is 10.5. The highest BCUT2D eigenvalue weighted by molar-refractivity contribution is 6.24. The molecule has 0 saturated carbocycles. The highest BCUT2D eigenvalue weighted by Crippen LogP contribution is 2.56. The van der Waals surface area contributed by atoms with E-state index in [1.54, 1.807) is 6.07 Å². The van der Waals surface area contributed by atoms with Crippen LogP contribution in [0.3, 0.4) is 0 Å². The minimum Gasteiger partial charge on any atom is -0.504 e. The van der Waals surface area contributed by atoms with Crippen molar-refractivity contribution in [1.29, 1.82) is 0 Å². The summed E-state index contributed by atoms with van der Waals surface area (Å²) in [6.45, 7) is 4.55. The molecule has 242 valence electrons. The maximum Gasteiger partial charge on any atom is 0.208 e. The second-order valence-electron chi connectivity index (χ2n) is 13.6. The highest BCUT2D eigenvalue weighted by Gasteiger charge is 2.35. The summed E-state index contributed by atoms with van der Waals surface area (Å²) >= 11 is 0. The number of phenols is 5. The zero-order valence-electron chi connectivity index (χ0n) is 27.4. The Morgan fingerprint density at radius 2 is 0.880 bits per heavy atom. The summed E-state index contributed by atoms with van der Waals surface area (Å²) in [5, 5.41) is 59.1. The van der Waals surface area contributed by atoms with E-state index in [1.165, 1.54) is 22.3 Å². The number of rotatable bonds is 3. The molecule has 1 aliphatic carbocycles. The highest BCUT2D eigenvalue weighted by atomic mass is 16.4. The number of hydrogen-bond donors (Lipinski definition) is 5. The number of hydrogen-bond acceptors (Lipinski definition) is 5. The summed E-state index contributed by atoms with van der Waals surface area (Å²) in [6.07, 6.45) is 0. The van der Waals surface area contributed by atoms with Crippen LogP contribution in [0, 0.1) is 0 Å². The van der Waals surface area contributed by atoms with E-state index in [2.05, 4.69) is 98.8 Å². The van der Waals surface area contributed by atoms with Crippen molar-refractivity contribution < 1.29 is 25.5 Å². The van der Waals surface area contributed by atoms with Gasteiger partial charge in [-0.3, -0.25) is 0 Å². The molecule has 0 heterocycles. The van der Waals surface area contributed by atoms with E-state index < -0.39 is 28.7 Å². The molecule has 0 saturated heterocycles. The van der Waals surface area contributed by atoms with Gasteiger partial charge in [-0.15, -0.1) is 0 Å². The summed E-state index contributed by atoms with van der Waals surface area (Å²) in [7, 11) is 0. The van der Waals surface area contributed by atoms with Gasteiger partial charge in [-0.25, -0.2) is 0 Å². The average Bonchev–Trinajstić information content (AvgIpc) is 3.37. The van der Waals surface area contributed by atoms with Gasteiger partial charge in [-0.2, -0.15) is 0 Å². The molecule has 0 radical (unpaired) electrons. The van der Waals surface area contributed by atoms with Crippen molar-refractivity contribution >= 4 is 32.3 Å². The van der Waals surface area contributed by atoms with E-state index in [-0.39, 0.29) is 11.0 Å². The molecule has 8 aromatic rings. The zero-order valence-corrected chi connectivity index (χ0v) is 27.4. The maximum absolute atomic E-state index is 11.0. The maximum atomic E-state index is 11.0.